The van der Waals surface area contributed by atoms with E-state index < -0.39 is 0 Å². The maximum Gasteiger partial charge on any atom is 0.160 e. The molecule has 0 saturated carbocycles. The first-order chi connectivity index (χ1) is 25.8. The summed E-state index contributed by atoms with van der Waals surface area (Å²) in [7, 11) is 0. The summed E-state index contributed by atoms with van der Waals surface area (Å²) in [6, 6.07) is 69.3. The molecule has 0 amide bonds. The van der Waals surface area contributed by atoms with Crippen molar-refractivity contribution in [3.8, 4) is 56.2 Å². The molecular weight excluding hydrogens is 629 g/mol. The normalized spacial score (nSPS) is 11.5. The van der Waals surface area contributed by atoms with E-state index >= 15 is 0 Å². The highest BCUT2D eigenvalue weighted by atomic mass is 14.9. The highest BCUT2D eigenvalue weighted by molar-refractivity contribution is 6.27. The second kappa shape index (κ2) is 12.5. The summed E-state index contributed by atoms with van der Waals surface area (Å²) in [4.78, 5) is 10.6. The van der Waals surface area contributed by atoms with E-state index in [2.05, 4.69) is 188 Å². The minimum absolute atomic E-state index is 0.705. The molecule has 0 fully saturated rings. The molecule has 242 valence electrons. The van der Waals surface area contributed by atoms with Crippen LogP contribution in [0.3, 0.4) is 0 Å². The Bertz CT molecular complexity index is 2930. The minimum atomic E-state index is 0.705. The summed E-state index contributed by atoms with van der Waals surface area (Å²) in [6.07, 6.45) is 0. The van der Waals surface area contributed by atoms with Gasteiger partial charge in [-0.05, 0) is 72.1 Å². The second-order valence-corrected chi connectivity index (χ2v) is 13.3. The number of nitrogens with zero attached hydrogens (tertiary/aromatic N) is 2. The van der Waals surface area contributed by atoms with Crippen molar-refractivity contribution in [2.45, 2.75) is 0 Å². The molecule has 2 nitrogen and oxygen atoms in total. The number of hydrogen-bond donors (Lipinski definition) is 0. The zero-order valence-corrected chi connectivity index (χ0v) is 28.4. The molecule has 0 spiro atoms. The van der Waals surface area contributed by atoms with Crippen molar-refractivity contribution in [2.75, 3.05) is 0 Å². The second-order valence-electron chi connectivity index (χ2n) is 13.3. The monoisotopic (exact) mass is 660 g/mol. The predicted octanol–water partition coefficient (Wildman–Crippen LogP) is 13.4. The van der Waals surface area contributed by atoms with Crippen LogP contribution in [0.5, 0.6) is 0 Å². The molecule has 52 heavy (non-hydrogen) atoms. The van der Waals surface area contributed by atoms with Crippen molar-refractivity contribution in [1.82, 2.24) is 9.97 Å². The van der Waals surface area contributed by atoms with Gasteiger partial charge in [-0.3, -0.25) is 0 Å². The lowest BCUT2D eigenvalue weighted by Gasteiger charge is -2.19. The number of aromatic nitrogens is 2. The molecule has 0 bridgehead atoms. The fourth-order valence-corrected chi connectivity index (χ4v) is 7.77. The molecule has 2 heteroatoms. The molecule has 0 aliphatic heterocycles. The molecule has 0 saturated heterocycles. The molecule has 10 aromatic rings. The standard InChI is InChI=1S/C50H32N2/c1-3-15-37(16-4-1)47-42-21-11-12-22-43(42)49(48-41-20-10-9-14-35(41)29-30-44(47)48)46-32-45(51-50(52-46)38-17-5-2-6-18-38)36-26-23-34(24-27-36)40-28-25-33-13-7-8-19-39(33)31-40/h1-32H. The Morgan fingerprint density at radius 3 is 1.56 bits per heavy atom. The highest BCUT2D eigenvalue weighted by Crippen LogP contribution is 2.46. The van der Waals surface area contributed by atoms with Crippen molar-refractivity contribution in [2.24, 2.45) is 0 Å². The minimum Gasteiger partial charge on any atom is -0.228 e. The Morgan fingerprint density at radius 1 is 0.269 bits per heavy atom. The van der Waals surface area contributed by atoms with Crippen molar-refractivity contribution in [3.63, 3.8) is 0 Å². The van der Waals surface area contributed by atoms with Crippen LogP contribution in [0.1, 0.15) is 0 Å². The number of hydrogen-bond acceptors (Lipinski definition) is 2. The average Bonchev–Trinajstić information content (AvgIpc) is 3.23. The van der Waals surface area contributed by atoms with E-state index in [4.69, 9.17) is 9.97 Å². The van der Waals surface area contributed by atoms with Crippen molar-refractivity contribution in [1.29, 1.82) is 0 Å². The van der Waals surface area contributed by atoms with Gasteiger partial charge < -0.3 is 0 Å². The molecule has 0 radical (unpaired) electrons. The predicted molar refractivity (Wildman–Crippen MR) is 219 cm³/mol. The van der Waals surface area contributed by atoms with E-state index in [1.54, 1.807) is 0 Å². The SMILES string of the molecule is c1ccc(-c2nc(-c3ccc(-c4ccc5ccccc5c4)cc3)cc(-c3c4ccccc4c(-c4ccccc4)c4ccc5ccccc5c34)n2)cc1. The van der Waals surface area contributed by atoms with Crippen LogP contribution in [0.4, 0.5) is 0 Å². The topological polar surface area (TPSA) is 25.8 Å². The zero-order valence-electron chi connectivity index (χ0n) is 28.4. The lowest BCUT2D eigenvalue weighted by Crippen LogP contribution is -1.98. The summed E-state index contributed by atoms with van der Waals surface area (Å²) in [5, 5.41) is 9.67. The van der Waals surface area contributed by atoms with E-state index in [1.807, 2.05) is 6.07 Å². The first-order valence-electron chi connectivity index (χ1n) is 17.7. The summed E-state index contributed by atoms with van der Waals surface area (Å²) >= 11 is 0. The van der Waals surface area contributed by atoms with Gasteiger partial charge in [0, 0.05) is 22.1 Å². The van der Waals surface area contributed by atoms with E-state index in [-0.39, 0.29) is 0 Å². The van der Waals surface area contributed by atoms with E-state index in [1.165, 1.54) is 65.3 Å². The number of rotatable bonds is 5. The van der Waals surface area contributed by atoms with E-state index in [0.717, 1.165) is 28.1 Å². The quantitative estimate of drug-likeness (QED) is 0.136. The number of fused-ring (bicyclic) bond motifs is 5. The lowest BCUT2D eigenvalue weighted by molar-refractivity contribution is 1.19. The maximum absolute atomic E-state index is 5.39. The van der Waals surface area contributed by atoms with Gasteiger partial charge in [0.05, 0.1) is 11.4 Å². The first-order valence-corrected chi connectivity index (χ1v) is 17.7. The van der Waals surface area contributed by atoms with Gasteiger partial charge in [0.25, 0.3) is 0 Å². The Balaban J connectivity index is 1.24. The van der Waals surface area contributed by atoms with Crippen LogP contribution in [-0.2, 0) is 0 Å². The molecule has 0 N–H and O–H groups in total. The van der Waals surface area contributed by atoms with Gasteiger partial charge >= 0.3 is 0 Å². The molecular formula is C50H32N2. The average molecular weight is 661 g/mol. The zero-order chi connectivity index (χ0) is 34.4. The molecule has 0 aliphatic rings. The molecule has 1 aromatic heterocycles. The van der Waals surface area contributed by atoms with Gasteiger partial charge in [0.1, 0.15) is 0 Å². The van der Waals surface area contributed by atoms with Crippen LogP contribution in [0, 0.1) is 0 Å². The molecule has 0 atom stereocenters. The van der Waals surface area contributed by atoms with Gasteiger partial charge in [0.2, 0.25) is 0 Å². The van der Waals surface area contributed by atoms with Gasteiger partial charge in [0.15, 0.2) is 5.82 Å². The Morgan fingerprint density at radius 2 is 0.808 bits per heavy atom. The smallest absolute Gasteiger partial charge is 0.160 e. The third kappa shape index (κ3) is 5.12. The van der Waals surface area contributed by atoms with E-state index in [9.17, 15) is 0 Å². The van der Waals surface area contributed by atoms with Crippen LogP contribution in [-0.4, -0.2) is 9.97 Å². The summed E-state index contributed by atoms with van der Waals surface area (Å²) < 4.78 is 0. The van der Waals surface area contributed by atoms with Crippen LogP contribution >= 0.6 is 0 Å². The third-order valence-corrected chi connectivity index (χ3v) is 10.3. The Kier molecular flexibility index (Phi) is 7.18. The Labute approximate surface area is 302 Å². The maximum atomic E-state index is 5.39. The Hall–Kier alpha value is -6.90. The van der Waals surface area contributed by atoms with Gasteiger partial charge in [-0.2, -0.15) is 0 Å². The summed E-state index contributed by atoms with van der Waals surface area (Å²) in [6.45, 7) is 0. The van der Waals surface area contributed by atoms with Crippen molar-refractivity contribution in [3.05, 3.63) is 194 Å². The molecule has 0 aliphatic carbocycles. The third-order valence-electron chi connectivity index (χ3n) is 10.3. The largest absolute Gasteiger partial charge is 0.228 e. The van der Waals surface area contributed by atoms with E-state index in [0.29, 0.717) is 5.82 Å². The van der Waals surface area contributed by atoms with Crippen LogP contribution < -0.4 is 0 Å². The van der Waals surface area contributed by atoms with Crippen LogP contribution in [0.25, 0.3) is 99.2 Å². The fraction of sp³-hybridized carbons (Fsp3) is 0. The van der Waals surface area contributed by atoms with Crippen LogP contribution in [0.15, 0.2) is 194 Å². The van der Waals surface area contributed by atoms with Crippen molar-refractivity contribution < 1.29 is 0 Å². The van der Waals surface area contributed by atoms with Gasteiger partial charge in [-0.25, -0.2) is 9.97 Å². The molecule has 0 unspecified atom stereocenters. The van der Waals surface area contributed by atoms with Gasteiger partial charge in [-0.1, -0.05) is 182 Å². The van der Waals surface area contributed by atoms with Crippen LogP contribution in [0.2, 0.25) is 0 Å². The first kappa shape index (κ1) is 30.0. The highest BCUT2D eigenvalue weighted by Gasteiger charge is 2.21. The molecule has 1 heterocycles. The van der Waals surface area contributed by atoms with Crippen molar-refractivity contribution >= 4 is 43.1 Å². The lowest BCUT2D eigenvalue weighted by atomic mass is 9.85. The molecule has 9 aromatic carbocycles. The summed E-state index contributed by atoms with van der Waals surface area (Å²) in [5.41, 5.74) is 9.75. The fourth-order valence-electron chi connectivity index (χ4n) is 7.77. The van der Waals surface area contributed by atoms with Gasteiger partial charge in [-0.15, -0.1) is 0 Å². The summed E-state index contributed by atoms with van der Waals surface area (Å²) in [5.74, 6) is 0.705. The molecule has 10 rings (SSSR count). The number of benzene rings is 9.